The van der Waals surface area contributed by atoms with Gasteiger partial charge in [-0.1, -0.05) is 55.9 Å². The number of thioether (sulfide) groups is 1. The molecule has 1 N–H and O–H groups in total. The van der Waals surface area contributed by atoms with Crippen molar-refractivity contribution in [2.24, 2.45) is 5.92 Å². The van der Waals surface area contributed by atoms with E-state index in [4.69, 9.17) is 4.74 Å². The van der Waals surface area contributed by atoms with Gasteiger partial charge in [0.05, 0.1) is 18.0 Å². The van der Waals surface area contributed by atoms with Gasteiger partial charge in [0.25, 0.3) is 0 Å². The molecule has 7 heteroatoms. The molecule has 0 saturated heterocycles. The SMILES string of the molecule is CCOC(=O)c1c(C)nc(SC(C(=O)O)C(C)C)nc1-c1ccccc1. The Morgan fingerprint density at radius 1 is 1.19 bits per heavy atom. The molecule has 0 bridgehead atoms. The molecule has 138 valence electrons. The van der Waals surface area contributed by atoms with E-state index < -0.39 is 17.2 Å². The first-order chi connectivity index (χ1) is 12.3. The largest absolute Gasteiger partial charge is 0.480 e. The summed E-state index contributed by atoms with van der Waals surface area (Å²) in [6.07, 6.45) is 0. The number of carboxylic acids is 1. The monoisotopic (exact) mass is 374 g/mol. The first kappa shape index (κ1) is 19.9. The Labute approximate surface area is 157 Å². The molecule has 26 heavy (non-hydrogen) atoms. The Balaban J connectivity index is 2.56. The number of carbonyl (C=O) groups is 2. The second-order valence-electron chi connectivity index (χ2n) is 6.02. The number of nitrogens with zero attached hydrogens (tertiary/aromatic N) is 2. The Hall–Kier alpha value is -2.41. The van der Waals surface area contributed by atoms with Gasteiger partial charge >= 0.3 is 11.9 Å². The number of aliphatic carboxylic acids is 1. The Morgan fingerprint density at radius 2 is 1.85 bits per heavy atom. The quantitative estimate of drug-likeness (QED) is 0.447. The number of benzene rings is 1. The van der Waals surface area contributed by atoms with E-state index in [1.807, 2.05) is 44.2 Å². The number of hydrogen-bond acceptors (Lipinski definition) is 6. The van der Waals surface area contributed by atoms with Crippen LogP contribution in [-0.2, 0) is 9.53 Å². The highest BCUT2D eigenvalue weighted by Gasteiger charge is 2.27. The van der Waals surface area contributed by atoms with Gasteiger partial charge in [0.1, 0.15) is 10.8 Å². The fourth-order valence-electron chi connectivity index (χ4n) is 2.44. The summed E-state index contributed by atoms with van der Waals surface area (Å²) >= 11 is 1.09. The lowest BCUT2D eigenvalue weighted by molar-refractivity contribution is -0.137. The minimum Gasteiger partial charge on any atom is -0.480 e. The van der Waals surface area contributed by atoms with Crippen LogP contribution in [0.25, 0.3) is 11.3 Å². The van der Waals surface area contributed by atoms with Gasteiger partial charge in [-0.2, -0.15) is 0 Å². The number of hydrogen-bond donors (Lipinski definition) is 1. The van der Waals surface area contributed by atoms with Crippen LogP contribution in [0.15, 0.2) is 35.5 Å². The predicted octanol–water partition coefficient (Wildman–Crippen LogP) is 3.83. The second-order valence-corrected chi connectivity index (χ2v) is 7.13. The predicted molar refractivity (Wildman–Crippen MR) is 100 cm³/mol. The van der Waals surface area contributed by atoms with Crippen molar-refractivity contribution < 1.29 is 19.4 Å². The Morgan fingerprint density at radius 3 is 2.38 bits per heavy atom. The zero-order valence-corrected chi connectivity index (χ0v) is 16.0. The highest BCUT2D eigenvalue weighted by molar-refractivity contribution is 8.00. The number of ether oxygens (including phenoxy) is 1. The molecule has 0 spiro atoms. The number of esters is 1. The first-order valence-electron chi connectivity index (χ1n) is 8.35. The van der Waals surface area contributed by atoms with Crippen LogP contribution < -0.4 is 0 Å². The molecule has 0 fully saturated rings. The maximum Gasteiger partial charge on any atom is 0.342 e. The van der Waals surface area contributed by atoms with Gasteiger partial charge in [0.2, 0.25) is 0 Å². The molecule has 2 aromatic rings. The smallest absolute Gasteiger partial charge is 0.342 e. The van der Waals surface area contributed by atoms with Crippen molar-refractivity contribution in [2.45, 2.75) is 38.1 Å². The van der Waals surface area contributed by atoms with E-state index in [1.54, 1.807) is 13.8 Å². The van der Waals surface area contributed by atoms with E-state index in [9.17, 15) is 14.7 Å². The van der Waals surface area contributed by atoms with E-state index in [0.717, 1.165) is 17.3 Å². The minimum absolute atomic E-state index is 0.0914. The molecule has 0 amide bonds. The maximum absolute atomic E-state index is 12.4. The van der Waals surface area contributed by atoms with Gasteiger partial charge in [-0.25, -0.2) is 14.8 Å². The molecular formula is C19H22N2O4S. The average molecular weight is 374 g/mol. The summed E-state index contributed by atoms with van der Waals surface area (Å²) in [5, 5.41) is 9.08. The van der Waals surface area contributed by atoms with E-state index in [-0.39, 0.29) is 12.5 Å². The van der Waals surface area contributed by atoms with Gasteiger partial charge in [0.15, 0.2) is 5.16 Å². The van der Waals surface area contributed by atoms with E-state index in [0.29, 0.717) is 22.1 Å². The summed E-state index contributed by atoms with van der Waals surface area (Å²) in [5.41, 5.74) is 1.97. The zero-order chi connectivity index (χ0) is 19.3. The average Bonchev–Trinajstić information content (AvgIpc) is 2.59. The standard InChI is InChI=1S/C19H22N2O4S/c1-5-25-18(24)14-12(4)20-19(26-16(11(2)3)17(22)23)21-15(14)13-9-7-6-8-10-13/h6-11,16H,5H2,1-4H3,(H,22,23). The molecule has 0 aliphatic heterocycles. The number of carboxylic acid groups (broad SMARTS) is 1. The molecule has 2 rings (SSSR count). The zero-order valence-electron chi connectivity index (χ0n) is 15.2. The summed E-state index contributed by atoms with van der Waals surface area (Å²) in [5.74, 6) is -1.49. The van der Waals surface area contributed by atoms with Gasteiger partial charge < -0.3 is 9.84 Å². The molecule has 0 aliphatic rings. The topological polar surface area (TPSA) is 89.4 Å². The number of aromatic nitrogens is 2. The summed E-state index contributed by atoms with van der Waals surface area (Å²) in [4.78, 5) is 32.8. The van der Waals surface area contributed by atoms with Crippen LogP contribution in [0, 0.1) is 12.8 Å². The molecule has 1 heterocycles. The van der Waals surface area contributed by atoms with E-state index >= 15 is 0 Å². The second kappa shape index (κ2) is 8.80. The lowest BCUT2D eigenvalue weighted by Gasteiger charge is -2.17. The van der Waals surface area contributed by atoms with E-state index in [2.05, 4.69) is 9.97 Å². The third kappa shape index (κ3) is 4.60. The van der Waals surface area contributed by atoms with Crippen molar-refractivity contribution in [3.63, 3.8) is 0 Å². The maximum atomic E-state index is 12.4. The normalized spacial score (nSPS) is 12.0. The molecule has 0 radical (unpaired) electrons. The lowest BCUT2D eigenvalue weighted by Crippen LogP contribution is -2.23. The van der Waals surface area contributed by atoms with E-state index in [1.165, 1.54) is 0 Å². The molecule has 1 unspecified atom stereocenters. The van der Waals surface area contributed by atoms with Crippen LogP contribution in [0.2, 0.25) is 0 Å². The highest BCUT2D eigenvalue weighted by atomic mass is 32.2. The lowest BCUT2D eigenvalue weighted by atomic mass is 10.0. The van der Waals surface area contributed by atoms with Crippen LogP contribution in [0.5, 0.6) is 0 Å². The summed E-state index contributed by atoms with van der Waals surface area (Å²) in [6.45, 7) is 7.36. The molecule has 1 aromatic carbocycles. The van der Waals surface area contributed by atoms with Crippen LogP contribution >= 0.6 is 11.8 Å². The third-order valence-corrected chi connectivity index (χ3v) is 5.07. The summed E-state index contributed by atoms with van der Waals surface area (Å²) in [7, 11) is 0. The fraction of sp³-hybridized carbons (Fsp3) is 0.368. The summed E-state index contributed by atoms with van der Waals surface area (Å²) < 4.78 is 5.15. The molecule has 0 aliphatic carbocycles. The molecule has 1 aromatic heterocycles. The molecule has 0 saturated carbocycles. The number of carbonyl (C=O) groups excluding carboxylic acids is 1. The third-order valence-electron chi connectivity index (χ3n) is 3.68. The van der Waals surface area contributed by atoms with Crippen LogP contribution in [0.3, 0.4) is 0 Å². The first-order valence-corrected chi connectivity index (χ1v) is 9.23. The van der Waals surface area contributed by atoms with Crippen molar-refractivity contribution in [1.82, 2.24) is 9.97 Å². The van der Waals surface area contributed by atoms with Crippen molar-refractivity contribution in [1.29, 1.82) is 0 Å². The Bertz CT molecular complexity index is 794. The van der Waals surface area contributed by atoms with Gasteiger partial charge in [-0.3, -0.25) is 4.79 Å². The minimum atomic E-state index is -0.915. The van der Waals surface area contributed by atoms with Crippen LogP contribution in [0.4, 0.5) is 0 Å². The van der Waals surface area contributed by atoms with Crippen LogP contribution in [0.1, 0.15) is 36.8 Å². The van der Waals surface area contributed by atoms with Crippen molar-refractivity contribution in [3.8, 4) is 11.3 Å². The fourth-order valence-corrected chi connectivity index (χ4v) is 3.37. The number of aryl methyl sites for hydroxylation is 1. The highest BCUT2D eigenvalue weighted by Crippen LogP contribution is 2.31. The molecule has 6 nitrogen and oxygen atoms in total. The Kier molecular flexibility index (Phi) is 6.74. The van der Waals surface area contributed by atoms with Crippen molar-refractivity contribution in [3.05, 3.63) is 41.6 Å². The summed E-state index contributed by atoms with van der Waals surface area (Å²) in [6, 6.07) is 9.26. The van der Waals surface area contributed by atoms with Crippen molar-refractivity contribution in [2.75, 3.05) is 6.61 Å². The van der Waals surface area contributed by atoms with Crippen molar-refractivity contribution >= 4 is 23.7 Å². The van der Waals surface area contributed by atoms with Gasteiger partial charge in [0, 0.05) is 5.56 Å². The molecule has 1 atom stereocenters. The van der Waals surface area contributed by atoms with Gasteiger partial charge in [-0.05, 0) is 19.8 Å². The molecular weight excluding hydrogens is 352 g/mol. The van der Waals surface area contributed by atoms with Crippen LogP contribution in [-0.4, -0.2) is 38.9 Å². The van der Waals surface area contributed by atoms with Gasteiger partial charge in [-0.15, -0.1) is 0 Å². The number of rotatable bonds is 7.